The van der Waals surface area contributed by atoms with Crippen LogP contribution in [0, 0.1) is 0 Å². The molecule has 0 aromatic carbocycles. The minimum Gasteiger partial charge on any atom is -0.486 e. The van der Waals surface area contributed by atoms with E-state index in [9.17, 15) is 4.79 Å². The molecule has 1 rings (SSSR count). The SMILES string of the molecule is O=C(O)[C@H]1CC=CO1. The first-order valence-electron chi connectivity index (χ1n) is 2.34. The van der Waals surface area contributed by atoms with Crippen molar-refractivity contribution in [3.05, 3.63) is 12.3 Å². The van der Waals surface area contributed by atoms with Crippen molar-refractivity contribution in [3.63, 3.8) is 0 Å². The summed E-state index contributed by atoms with van der Waals surface area (Å²) in [5.74, 6) is -0.894. The number of ether oxygens (including phenoxy) is 1. The van der Waals surface area contributed by atoms with E-state index in [0.29, 0.717) is 6.42 Å². The minimum atomic E-state index is -0.894. The van der Waals surface area contributed by atoms with Crippen LogP contribution in [0.25, 0.3) is 0 Å². The number of carbonyl (C=O) groups is 1. The van der Waals surface area contributed by atoms with Crippen molar-refractivity contribution in [2.45, 2.75) is 12.5 Å². The summed E-state index contributed by atoms with van der Waals surface area (Å²) in [5.41, 5.74) is 0. The summed E-state index contributed by atoms with van der Waals surface area (Å²) < 4.78 is 4.63. The van der Waals surface area contributed by atoms with E-state index >= 15 is 0 Å². The van der Waals surface area contributed by atoms with E-state index in [-0.39, 0.29) is 0 Å². The normalized spacial score (nSPS) is 25.2. The van der Waals surface area contributed by atoms with E-state index in [2.05, 4.69) is 4.74 Å². The zero-order valence-electron chi connectivity index (χ0n) is 4.20. The van der Waals surface area contributed by atoms with E-state index in [0.717, 1.165) is 0 Å². The number of hydrogen-bond acceptors (Lipinski definition) is 2. The lowest BCUT2D eigenvalue weighted by atomic mass is 10.3. The second-order valence-corrected chi connectivity index (χ2v) is 1.57. The molecular weight excluding hydrogens is 108 g/mol. The van der Waals surface area contributed by atoms with Crippen LogP contribution in [-0.2, 0) is 9.53 Å². The fourth-order valence-corrected chi connectivity index (χ4v) is 0.544. The van der Waals surface area contributed by atoms with Crippen molar-refractivity contribution in [2.24, 2.45) is 0 Å². The molecule has 1 aliphatic rings. The summed E-state index contributed by atoms with van der Waals surface area (Å²) in [7, 11) is 0. The molecule has 3 heteroatoms. The number of hydrogen-bond donors (Lipinski definition) is 1. The van der Waals surface area contributed by atoms with Gasteiger partial charge in [-0.3, -0.25) is 0 Å². The molecule has 1 N–H and O–H groups in total. The van der Waals surface area contributed by atoms with Crippen LogP contribution in [0.2, 0.25) is 0 Å². The Morgan fingerprint density at radius 1 is 1.88 bits per heavy atom. The monoisotopic (exact) mass is 114 g/mol. The van der Waals surface area contributed by atoms with Gasteiger partial charge in [-0.2, -0.15) is 0 Å². The molecule has 0 aromatic rings. The van der Waals surface area contributed by atoms with Crippen LogP contribution < -0.4 is 0 Å². The number of rotatable bonds is 1. The van der Waals surface area contributed by atoms with Gasteiger partial charge in [0.1, 0.15) is 0 Å². The molecular formula is C5H6O3. The van der Waals surface area contributed by atoms with Gasteiger partial charge in [0.05, 0.1) is 6.26 Å². The molecule has 44 valence electrons. The summed E-state index contributed by atoms with van der Waals surface area (Å²) in [6.07, 6.45) is 2.97. The molecule has 0 saturated heterocycles. The summed E-state index contributed by atoms with van der Waals surface area (Å²) in [6, 6.07) is 0. The predicted octanol–water partition coefficient (Wildman–Crippen LogP) is 0.374. The number of carboxylic acid groups (broad SMARTS) is 1. The Bertz CT molecular complexity index is 120. The van der Waals surface area contributed by atoms with E-state index < -0.39 is 12.1 Å². The molecule has 0 radical (unpaired) electrons. The average molecular weight is 114 g/mol. The molecule has 8 heavy (non-hydrogen) atoms. The zero-order valence-corrected chi connectivity index (χ0v) is 4.20. The summed E-state index contributed by atoms with van der Waals surface area (Å²) in [5, 5.41) is 8.25. The maximum Gasteiger partial charge on any atom is 0.345 e. The van der Waals surface area contributed by atoms with Gasteiger partial charge in [0.15, 0.2) is 6.10 Å². The first-order chi connectivity index (χ1) is 3.80. The third-order valence-corrected chi connectivity index (χ3v) is 0.965. The van der Waals surface area contributed by atoms with Crippen molar-refractivity contribution >= 4 is 5.97 Å². The van der Waals surface area contributed by atoms with Crippen LogP contribution in [0.15, 0.2) is 12.3 Å². The van der Waals surface area contributed by atoms with Crippen LogP contribution in [-0.4, -0.2) is 17.2 Å². The van der Waals surface area contributed by atoms with Crippen molar-refractivity contribution in [1.82, 2.24) is 0 Å². The van der Waals surface area contributed by atoms with Gasteiger partial charge in [0.2, 0.25) is 0 Å². The van der Waals surface area contributed by atoms with Gasteiger partial charge in [-0.25, -0.2) is 4.79 Å². The Balaban J connectivity index is 2.41. The summed E-state index contributed by atoms with van der Waals surface area (Å²) in [6.45, 7) is 0. The second kappa shape index (κ2) is 1.86. The van der Waals surface area contributed by atoms with Crippen molar-refractivity contribution < 1.29 is 14.6 Å². The minimum absolute atomic E-state index is 0.495. The Kier molecular flexibility index (Phi) is 1.20. The summed E-state index contributed by atoms with van der Waals surface area (Å²) >= 11 is 0. The molecule has 0 saturated carbocycles. The van der Waals surface area contributed by atoms with Gasteiger partial charge >= 0.3 is 5.97 Å². The van der Waals surface area contributed by atoms with E-state index in [1.807, 2.05) is 0 Å². The third kappa shape index (κ3) is 0.804. The van der Waals surface area contributed by atoms with Crippen LogP contribution >= 0.6 is 0 Å². The van der Waals surface area contributed by atoms with E-state index in [1.54, 1.807) is 6.08 Å². The topological polar surface area (TPSA) is 46.5 Å². The van der Waals surface area contributed by atoms with Crippen LogP contribution in [0.4, 0.5) is 0 Å². The molecule has 0 amide bonds. The van der Waals surface area contributed by atoms with Gasteiger partial charge in [0, 0.05) is 6.42 Å². The van der Waals surface area contributed by atoms with Gasteiger partial charge in [-0.15, -0.1) is 0 Å². The molecule has 0 aromatic heterocycles. The number of aliphatic carboxylic acids is 1. The highest BCUT2D eigenvalue weighted by atomic mass is 16.5. The maximum atomic E-state index is 10.0. The molecule has 1 atom stereocenters. The van der Waals surface area contributed by atoms with Crippen LogP contribution in [0.5, 0.6) is 0 Å². The molecule has 0 unspecified atom stereocenters. The van der Waals surface area contributed by atoms with E-state index in [4.69, 9.17) is 5.11 Å². The Morgan fingerprint density at radius 3 is 2.88 bits per heavy atom. The van der Waals surface area contributed by atoms with Crippen LogP contribution in [0.1, 0.15) is 6.42 Å². The molecule has 1 aliphatic heterocycles. The lowest BCUT2D eigenvalue weighted by molar-refractivity contribution is -0.145. The molecule has 0 bridgehead atoms. The second-order valence-electron chi connectivity index (χ2n) is 1.57. The van der Waals surface area contributed by atoms with Crippen molar-refractivity contribution in [1.29, 1.82) is 0 Å². The average Bonchev–Trinajstić information content (AvgIpc) is 2.12. The van der Waals surface area contributed by atoms with Crippen LogP contribution in [0.3, 0.4) is 0 Å². The van der Waals surface area contributed by atoms with Gasteiger partial charge in [0.25, 0.3) is 0 Å². The highest BCUT2D eigenvalue weighted by Crippen LogP contribution is 2.07. The molecule has 0 fully saturated rings. The highest BCUT2D eigenvalue weighted by Gasteiger charge is 2.18. The van der Waals surface area contributed by atoms with Gasteiger partial charge in [-0.1, -0.05) is 0 Å². The van der Waals surface area contributed by atoms with Crippen molar-refractivity contribution in [2.75, 3.05) is 0 Å². The quantitative estimate of drug-likeness (QED) is 0.535. The Morgan fingerprint density at radius 2 is 2.62 bits per heavy atom. The largest absolute Gasteiger partial charge is 0.486 e. The molecule has 3 nitrogen and oxygen atoms in total. The Labute approximate surface area is 46.6 Å². The van der Waals surface area contributed by atoms with Gasteiger partial charge in [-0.05, 0) is 6.08 Å². The van der Waals surface area contributed by atoms with Gasteiger partial charge < -0.3 is 9.84 Å². The van der Waals surface area contributed by atoms with E-state index in [1.165, 1.54) is 6.26 Å². The molecule has 1 heterocycles. The molecule has 0 spiro atoms. The first kappa shape index (κ1) is 5.15. The lowest BCUT2D eigenvalue weighted by Crippen LogP contribution is -2.17. The third-order valence-electron chi connectivity index (χ3n) is 0.965. The fourth-order valence-electron chi connectivity index (χ4n) is 0.544. The smallest absolute Gasteiger partial charge is 0.345 e. The van der Waals surface area contributed by atoms with Crippen molar-refractivity contribution in [3.8, 4) is 0 Å². The predicted molar refractivity (Wildman–Crippen MR) is 26.3 cm³/mol. The standard InChI is InChI=1S/C5H6O3/c6-5(7)4-2-1-3-8-4/h1,3-4H,2H2,(H,6,7)/t4-/m1/s1. The zero-order chi connectivity index (χ0) is 5.98. The first-order valence-corrected chi connectivity index (χ1v) is 2.34. The maximum absolute atomic E-state index is 10.0. The Hall–Kier alpha value is -0.990. The lowest BCUT2D eigenvalue weighted by Gasteiger charge is -2.00. The number of carboxylic acids is 1. The summed E-state index contributed by atoms with van der Waals surface area (Å²) in [4.78, 5) is 10.0. The molecule has 0 aliphatic carbocycles. The highest BCUT2D eigenvalue weighted by molar-refractivity contribution is 5.72. The fraction of sp³-hybridized carbons (Fsp3) is 0.400.